The molecule has 4 nitrogen and oxygen atoms in total. The predicted molar refractivity (Wildman–Crippen MR) is 60.3 cm³/mol. The van der Waals surface area contributed by atoms with Crippen molar-refractivity contribution < 1.29 is 9.47 Å². The van der Waals surface area contributed by atoms with Crippen molar-refractivity contribution in [1.29, 1.82) is 5.26 Å². The number of nitriles is 1. The summed E-state index contributed by atoms with van der Waals surface area (Å²) >= 11 is 0. The predicted octanol–water partition coefficient (Wildman–Crippen LogP) is 2.07. The molecule has 4 heteroatoms. The molecule has 0 saturated heterocycles. The Hall–Kier alpha value is -1.60. The van der Waals surface area contributed by atoms with Crippen LogP contribution >= 0.6 is 0 Å². The van der Waals surface area contributed by atoms with Gasteiger partial charge in [0.25, 0.3) is 0 Å². The van der Waals surface area contributed by atoms with Gasteiger partial charge in [0.2, 0.25) is 5.88 Å². The van der Waals surface area contributed by atoms with E-state index in [9.17, 15) is 0 Å². The molecular weight excluding hydrogens is 204 g/mol. The quantitative estimate of drug-likeness (QED) is 0.713. The Labute approximate surface area is 95.8 Å². The lowest BCUT2D eigenvalue weighted by molar-refractivity contribution is 0.0542. The second kappa shape index (κ2) is 6.09. The smallest absolute Gasteiger partial charge is 0.231 e. The molecule has 1 heterocycles. The molecule has 0 aliphatic rings. The van der Waals surface area contributed by atoms with Crippen LogP contribution in [0.2, 0.25) is 0 Å². The van der Waals surface area contributed by atoms with Gasteiger partial charge in [-0.3, -0.25) is 0 Å². The van der Waals surface area contributed by atoms with Crippen LogP contribution in [0.4, 0.5) is 0 Å². The molecule has 0 unspecified atom stereocenters. The molecule has 86 valence electrons. The molecule has 0 amide bonds. The van der Waals surface area contributed by atoms with E-state index in [1.165, 1.54) is 0 Å². The zero-order chi connectivity index (χ0) is 12.0. The molecule has 1 aromatic rings. The SMILES string of the molecule is Cc1ccnc(OCCOC(C)C)c1C#N. The van der Waals surface area contributed by atoms with Crippen molar-refractivity contribution in [3.05, 3.63) is 23.4 Å². The average molecular weight is 220 g/mol. The summed E-state index contributed by atoms with van der Waals surface area (Å²) in [6.07, 6.45) is 1.82. The highest BCUT2D eigenvalue weighted by molar-refractivity contribution is 5.43. The molecule has 1 aromatic heterocycles. The molecule has 16 heavy (non-hydrogen) atoms. The van der Waals surface area contributed by atoms with E-state index in [0.717, 1.165) is 5.56 Å². The van der Waals surface area contributed by atoms with E-state index >= 15 is 0 Å². The van der Waals surface area contributed by atoms with Gasteiger partial charge in [0.05, 0.1) is 12.7 Å². The number of nitrogens with zero attached hydrogens (tertiary/aromatic N) is 2. The van der Waals surface area contributed by atoms with E-state index in [-0.39, 0.29) is 6.10 Å². The van der Waals surface area contributed by atoms with Gasteiger partial charge in [-0.25, -0.2) is 4.98 Å². The summed E-state index contributed by atoms with van der Waals surface area (Å²) in [5.41, 5.74) is 1.37. The number of aromatic nitrogens is 1. The lowest BCUT2D eigenvalue weighted by Gasteiger charge is -2.10. The summed E-state index contributed by atoms with van der Waals surface area (Å²) < 4.78 is 10.7. The van der Waals surface area contributed by atoms with Crippen LogP contribution in [-0.2, 0) is 4.74 Å². The Kier molecular flexibility index (Phi) is 4.74. The molecule has 0 spiro atoms. The first-order valence-electron chi connectivity index (χ1n) is 5.25. The van der Waals surface area contributed by atoms with Gasteiger partial charge in [-0.1, -0.05) is 0 Å². The second-order valence-electron chi connectivity index (χ2n) is 3.69. The molecule has 0 aliphatic carbocycles. The molecule has 0 atom stereocenters. The third kappa shape index (κ3) is 3.52. The van der Waals surface area contributed by atoms with Gasteiger partial charge >= 0.3 is 0 Å². The Morgan fingerprint density at radius 3 is 2.81 bits per heavy atom. The zero-order valence-corrected chi connectivity index (χ0v) is 9.86. The monoisotopic (exact) mass is 220 g/mol. The van der Waals surface area contributed by atoms with Crippen molar-refractivity contribution in [2.45, 2.75) is 26.9 Å². The maximum absolute atomic E-state index is 8.94. The topological polar surface area (TPSA) is 55.1 Å². The minimum Gasteiger partial charge on any atom is -0.474 e. The van der Waals surface area contributed by atoms with Crippen molar-refractivity contribution in [1.82, 2.24) is 4.98 Å². The van der Waals surface area contributed by atoms with E-state index in [4.69, 9.17) is 14.7 Å². The number of aryl methyl sites for hydroxylation is 1. The molecule has 1 rings (SSSR count). The van der Waals surface area contributed by atoms with Gasteiger partial charge in [0.15, 0.2) is 0 Å². The highest BCUT2D eigenvalue weighted by Crippen LogP contribution is 2.17. The Bertz CT molecular complexity index is 383. The van der Waals surface area contributed by atoms with Crippen LogP contribution in [0.25, 0.3) is 0 Å². The first kappa shape index (κ1) is 12.5. The molecule has 0 aliphatic heterocycles. The number of hydrogen-bond acceptors (Lipinski definition) is 4. The zero-order valence-electron chi connectivity index (χ0n) is 9.86. The summed E-state index contributed by atoms with van der Waals surface area (Å²) in [5.74, 6) is 0.384. The largest absolute Gasteiger partial charge is 0.474 e. The molecule has 0 bridgehead atoms. The van der Waals surface area contributed by atoms with E-state index in [2.05, 4.69) is 11.1 Å². The lowest BCUT2D eigenvalue weighted by atomic mass is 10.2. The fourth-order valence-electron chi connectivity index (χ4n) is 1.20. The van der Waals surface area contributed by atoms with E-state index in [0.29, 0.717) is 24.7 Å². The number of pyridine rings is 1. The fourth-order valence-corrected chi connectivity index (χ4v) is 1.20. The molecular formula is C12H16N2O2. The first-order chi connectivity index (χ1) is 7.65. The van der Waals surface area contributed by atoms with Crippen molar-refractivity contribution in [3.63, 3.8) is 0 Å². The van der Waals surface area contributed by atoms with Gasteiger partial charge in [-0.15, -0.1) is 0 Å². The van der Waals surface area contributed by atoms with Gasteiger partial charge in [0, 0.05) is 6.20 Å². The minimum absolute atomic E-state index is 0.185. The highest BCUT2D eigenvalue weighted by atomic mass is 16.5. The van der Waals surface area contributed by atoms with E-state index in [1.54, 1.807) is 12.3 Å². The minimum atomic E-state index is 0.185. The van der Waals surface area contributed by atoms with Crippen LogP contribution in [0.1, 0.15) is 25.0 Å². The van der Waals surface area contributed by atoms with Gasteiger partial charge < -0.3 is 9.47 Å². The number of rotatable bonds is 5. The lowest BCUT2D eigenvalue weighted by Crippen LogP contribution is -2.12. The maximum atomic E-state index is 8.94. The van der Waals surface area contributed by atoms with E-state index < -0.39 is 0 Å². The Morgan fingerprint density at radius 1 is 1.44 bits per heavy atom. The molecule has 0 saturated carbocycles. The normalized spacial score (nSPS) is 10.2. The van der Waals surface area contributed by atoms with Crippen LogP contribution in [0.15, 0.2) is 12.3 Å². The van der Waals surface area contributed by atoms with Crippen LogP contribution in [0.5, 0.6) is 5.88 Å². The van der Waals surface area contributed by atoms with Crippen molar-refractivity contribution in [2.24, 2.45) is 0 Å². The van der Waals surface area contributed by atoms with Gasteiger partial charge in [0.1, 0.15) is 18.2 Å². The Morgan fingerprint density at radius 2 is 2.19 bits per heavy atom. The van der Waals surface area contributed by atoms with Gasteiger partial charge in [-0.2, -0.15) is 5.26 Å². The number of hydrogen-bond donors (Lipinski definition) is 0. The number of ether oxygens (including phenoxy) is 2. The average Bonchev–Trinajstić information content (AvgIpc) is 2.24. The second-order valence-corrected chi connectivity index (χ2v) is 3.69. The molecule has 0 fully saturated rings. The summed E-state index contributed by atoms with van der Waals surface area (Å²) in [4.78, 5) is 4.03. The van der Waals surface area contributed by atoms with Crippen molar-refractivity contribution in [3.8, 4) is 11.9 Å². The third-order valence-corrected chi connectivity index (χ3v) is 2.01. The van der Waals surface area contributed by atoms with Crippen LogP contribution in [0, 0.1) is 18.3 Å². The summed E-state index contributed by atoms with van der Waals surface area (Å²) in [5, 5.41) is 8.94. The van der Waals surface area contributed by atoms with Crippen LogP contribution < -0.4 is 4.74 Å². The Balaban J connectivity index is 2.54. The third-order valence-electron chi connectivity index (χ3n) is 2.01. The molecule has 0 N–H and O–H groups in total. The summed E-state index contributed by atoms with van der Waals surface area (Å²) in [6, 6.07) is 3.87. The van der Waals surface area contributed by atoms with Crippen LogP contribution in [0.3, 0.4) is 0 Å². The van der Waals surface area contributed by atoms with Gasteiger partial charge in [-0.05, 0) is 32.4 Å². The molecule has 0 aromatic carbocycles. The van der Waals surface area contributed by atoms with E-state index in [1.807, 2.05) is 20.8 Å². The summed E-state index contributed by atoms with van der Waals surface area (Å²) in [7, 11) is 0. The summed E-state index contributed by atoms with van der Waals surface area (Å²) in [6.45, 7) is 6.69. The van der Waals surface area contributed by atoms with Crippen molar-refractivity contribution >= 4 is 0 Å². The van der Waals surface area contributed by atoms with Crippen molar-refractivity contribution in [2.75, 3.05) is 13.2 Å². The highest BCUT2D eigenvalue weighted by Gasteiger charge is 2.07. The maximum Gasteiger partial charge on any atom is 0.231 e. The fraction of sp³-hybridized carbons (Fsp3) is 0.500. The first-order valence-corrected chi connectivity index (χ1v) is 5.25. The standard InChI is InChI=1S/C12H16N2O2/c1-9(2)15-6-7-16-12-11(8-13)10(3)4-5-14-12/h4-5,9H,6-7H2,1-3H3. The molecule has 0 radical (unpaired) electrons. The van der Waals surface area contributed by atoms with Crippen LogP contribution in [-0.4, -0.2) is 24.3 Å².